The first kappa shape index (κ1) is 22.8. The van der Waals surface area contributed by atoms with E-state index in [2.05, 4.69) is 15.3 Å². The Morgan fingerprint density at radius 1 is 1.10 bits per heavy atom. The molecule has 0 radical (unpaired) electrons. The molecule has 0 saturated heterocycles. The van der Waals surface area contributed by atoms with Crippen LogP contribution < -0.4 is 14.8 Å². The van der Waals surface area contributed by atoms with E-state index in [4.69, 9.17) is 14.6 Å². The molecule has 1 aliphatic rings. The number of methoxy groups -OCH3 is 2. The summed E-state index contributed by atoms with van der Waals surface area (Å²) in [6, 6.07) is 6.02. The van der Waals surface area contributed by atoms with Crippen molar-refractivity contribution in [2.45, 2.75) is 65.1 Å². The molecule has 168 valence electrons. The fraction of sp³-hybridized carbons (Fsp3) is 0.522. The van der Waals surface area contributed by atoms with E-state index >= 15 is 0 Å². The summed E-state index contributed by atoms with van der Waals surface area (Å²) in [4.78, 5) is 8.98. The van der Waals surface area contributed by atoms with Gasteiger partial charge in [-0.2, -0.15) is 5.10 Å². The van der Waals surface area contributed by atoms with Crippen molar-refractivity contribution < 1.29 is 14.6 Å². The highest BCUT2D eigenvalue weighted by Crippen LogP contribution is 2.33. The Bertz CT molecular complexity index is 996. The van der Waals surface area contributed by atoms with E-state index in [0.717, 1.165) is 65.3 Å². The largest absolute Gasteiger partial charge is 0.497 e. The van der Waals surface area contributed by atoms with Crippen molar-refractivity contribution in [2.24, 2.45) is 0 Å². The molecular formula is C23H33N5O3. The SMILES string of the molecule is CC.COc1ccc(CNc2ncnc3c2c(C)nn3C2CCC(O)CC2)c(OC)c1. The van der Waals surface area contributed by atoms with Crippen LogP contribution in [0.3, 0.4) is 0 Å². The lowest BCUT2D eigenvalue weighted by Crippen LogP contribution is -2.22. The van der Waals surface area contributed by atoms with Crippen LogP contribution in [0.15, 0.2) is 24.5 Å². The van der Waals surface area contributed by atoms with Crippen LogP contribution in [-0.4, -0.2) is 45.2 Å². The van der Waals surface area contributed by atoms with Gasteiger partial charge in [-0.15, -0.1) is 0 Å². The standard InChI is InChI=1S/C21H27N5O3.C2H6/c1-13-19-20(22-11-14-4-9-17(28-2)10-18(14)29-3)23-12-24-21(19)26(25-13)15-5-7-16(27)8-6-15;1-2/h4,9-10,12,15-16,27H,5-8,11H2,1-3H3,(H,22,23,24);1-2H3. The van der Waals surface area contributed by atoms with Crippen LogP contribution in [0.5, 0.6) is 11.5 Å². The molecule has 0 aliphatic heterocycles. The lowest BCUT2D eigenvalue weighted by Gasteiger charge is -2.25. The number of fused-ring (bicyclic) bond motifs is 1. The Morgan fingerprint density at radius 2 is 1.84 bits per heavy atom. The van der Waals surface area contributed by atoms with E-state index in [1.54, 1.807) is 20.5 Å². The average Bonchev–Trinajstić information content (AvgIpc) is 3.16. The Labute approximate surface area is 183 Å². The van der Waals surface area contributed by atoms with Gasteiger partial charge in [0.25, 0.3) is 0 Å². The summed E-state index contributed by atoms with van der Waals surface area (Å²) in [7, 11) is 3.29. The van der Waals surface area contributed by atoms with Gasteiger partial charge in [0.05, 0.1) is 37.4 Å². The number of nitrogens with zero attached hydrogens (tertiary/aromatic N) is 4. The Hall–Kier alpha value is -2.87. The highest BCUT2D eigenvalue weighted by molar-refractivity contribution is 5.89. The third-order valence-corrected chi connectivity index (χ3v) is 5.62. The first-order valence-corrected chi connectivity index (χ1v) is 10.9. The maximum Gasteiger partial charge on any atom is 0.163 e. The van der Waals surface area contributed by atoms with Gasteiger partial charge in [-0.3, -0.25) is 0 Å². The lowest BCUT2D eigenvalue weighted by atomic mass is 9.93. The molecule has 2 heterocycles. The monoisotopic (exact) mass is 427 g/mol. The molecule has 3 aromatic rings. The van der Waals surface area contributed by atoms with Crippen LogP contribution in [0.25, 0.3) is 11.0 Å². The zero-order chi connectivity index (χ0) is 22.4. The van der Waals surface area contributed by atoms with Crippen LogP contribution in [0, 0.1) is 6.92 Å². The quantitative estimate of drug-likeness (QED) is 0.607. The fourth-order valence-corrected chi connectivity index (χ4v) is 4.01. The predicted molar refractivity (Wildman–Crippen MR) is 122 cm³/mol. The number of aryl methyl sites for hydroxylation is 1. The number of aliphatic hydroxyl groups is 1. The number of hydrogen-bond acceptors (Lipinski definition) is 7. The van der Waals surface area contributed by atoms with Gasteiger partial charge in [0.2, 0.25) is 0 Å². The maximum atomic E-state index is 9.81. The van der Waals surface area contributed by atoms with E-state index in [1.165, 1.54) is 0 Å². The minimum Gasteiger partial charge on any atom is -0.497 e. The fourth-order valence-electron chi connectivity index (χ4n) is 4.01. The van der Waals surface area contributed by atoms with Crippen molar-refractivity contribution in [3.05, 3.63) is 35.8 Å². The predicted octanol–water partition coefficient (Wildman–Crippen LogP) is 4.27. The van der Waals surface area contributed by atoms with Gasteiger partial charge < -0.3 is 19.9 Å². The summed E-state index contributed by atoms with van der Waals surface area (Å²) in [6.45, 7) is 6.54. The van der Waals surface area contributed by atoms with Crippen LogP contribution in [0.1, 0.15) is 56.8 Å². The molecule has 0 amide bonds. The highest BCUT2D eigenvalue weighted by Gasteiger charge is 2.25. The first-order chi connectivity index (χ1) is 15.1. The number of nitrogens with one attached hydrogen (secondary N) is 1. The third kappa shape index (κ3) is 4.90. The molecule has 1 fully saturated rings. The molecule has 2 aromatic heterocycles. The van der Waals surface area contributed by atoms with Gasteiger partial charge in [0, 0.05) is 18.2 Å². The summed E-state index contributed by atoms with van der Waals surface area (Å²) < 4.78 is 12.8. The topological polar surface area (TPSA) is 94.3 Å². The van der Waals surface area contributed by atoms with Gasteiger partial charge >= 0.3 is 0 Å². The van der Waals surface area contributed by atoms with Gasteiger partial charge in [-0.1, -0.05) is 13.8 Å². The average molecular weight is 428 g/mol. The van der Waals surface area contributed by atoms with Crippen molar-refractivity contribution in [3.8, 4) is 11.5 Å². The van der Waals surface area contributed by atoms with Gasteiger partial charge in [0.1, 0.15) is 23.6 Å². The molecule has 31 heavy (non-hydrogen) atoms. The van der Waals surface area contributed by atoms with Crippen molar-refractivity contribution in [1.82, 2.24) is 19.7 Å². The minimum atomic E-state index is -0.194. The van der Waals surface area contributed by atoms with Crippen molar-refractivity contribution in [1.29, 1.82) is 0 Å². The van der Waals surface area contributed by atoms with E-state index in [0.29, 0.717) is 6.54 Å². The van der Waals surface area contributed by atoms with Gasteiger partial charge in [-0.25, -0.2) is 14.6 Å². The smallest absolute Gasteiger partial charge is 0.163 e. The summed E-state index contributed by atoms with van der Waals surface area (Å²) >= 11 is 0. The molecule has 8 heteroatoms. The molecule has 8 nitrogen and oxygen atoms in total. The lowest BCUT2D eigenvalue weighted by molar-refractivity contribution is 0.109. The van der Waals surface area contributed by atoms with E-state index in [1.807, 2.05) is 43.7 Å². The summed E-state index contributed by atoms with van der Waals surface area (Å²) in [5.74, 6) is 2.27. The van der Waals surface area contributed by atoms with Crippen LogP contribution in [-0.2, 0) is 6.54 Å². The summed E-state index contributed by atoms with van der Waals surface area (Å²) in [6.07, 6.45) is 4.81. The van der Waals surface area contributed by atoms with Crippen molar-refractivity contribution in [2.75, 3.05) is 19.5 Å². The highest BCUT2D eigenvalue weighted by atomic mass is 16.5. The van der Waals surface area contributed by atoms with Crippen molar-refractivity contribution in [3.63, 3.8) is 0 Å². The maximum absolute atomic E-state index is 9.81. The summed E-state index contributed by atoms with van der Waals surface area (Å²) in [5, 5.41) is 18.9. The molecule has 0 spiro atoms. The number of rotatable bonds is 6. The molecule has 0 unspecified atom stereocenters. The normalized spacial score (nSPS) is 18.3. The van der Waals surface area contributed by atoms with E-state index in [9.17, 15) is 5.11 Å². The molecule has 0 atom stereocenters. The molecular weight excluding hydrogens is 394 g/mol. The number of benzene rings is 1. The van der Waals surface area contributed by atoms with Crippen LogP contribution in [0.2, 0.25) is 0 Å². The Kier molecular flexibility index (Phi) is 7.68. The second-order valence-electron chi connectivity index (χ2n) is 7.44. The number of anilines is 1. The number of ether oxygens (including phenoxy) is 2. The number of aliphatic hydroxyl groups excluding tert-OH is 1. The second-order valence-corrected chi connectivity index (χ2v) is 7.44. The van der Waals surface area contributed by atoms with Crippen LogP contribution >= 0.6 is 0 Å². The second kappa shape index (κ2) is 10.4. The molecule has 1 saturated carbocycles. The van der Waals surface area contributed by atoms with Crippen LogP contribution in [0.4, 0.5) is 5.82 Å². The number of aromatic nitrogens is 4. The zero-order valence-corrected chi connectivity index (χ0v) is 19.1. The van der Waals surface area contributed by atoms with Crippen molar-refractivity contribution >= 4 is 16.9 Å². The molecule has 2 N–H and O–H groups in total. The molecule has 0 bridgehead atoms. The Morgan fingerprint density at radius 3 is 2.52 bits per heavy atom. The van der Waals surface area contributed by atoms with Gasteiger partial charge in [-0.05, 0) is 44.7 Å². The molecule has 1 aromatic carbocycles. The molecule has 4 rings (SSSR count). The summed E-state index contributed by atoms with van der Waals surface area (Å²) in [5.41, 5.74) is 2.74. The molecule has 1 aliphatic carbocycles. The van der Waals surface area contributed by atoms with Gasteiger partial charge in [0.15, 0.2) is 5.65 Å². The Balaban J connectivity index is 0.00000132. The first-order valence-electron chi connectivity index (χ1n) is 10.9. The third-order valence-electron chi connectivity index (χ3n) is 5.62. The minimum absolute atomic E-state index is 0.194. The zero-order valence-electron chi connectivity index (χ0n) is 19.1. The van der Waals surface area contributed by atoms with E-state index in [-0.39, 0.29) is 12.1 Å². The number of hydrogen-bond donors (Lipinski definition) is 2. The van der Waals surface area contributed by atoms with E-state index < -0.39 is 0 Å².